The number of fused-ring (bicyclic) bond motifs is 1. The van der Waals surface area contributed by atoms with Crippen molar-refractivity contribution in [1.29, 1.82) is 5.26 Å². The lowest BCUT2D eigenvalue weighted by Crippen LogP contribution is -2.13. The van der Waals surface area contributed by atoms with Crippen LogP contribution in [0.25, 0.3) is 17.0 Å². The van der Waals surface area contributed by atoms with Crippen molar-refractivity contribution in [1.82, 2.24) is 4.57 Å². The van der Waals surface area contributed by atoms with Crippen molar-refractivity contribution in [3.8, 4) is 11.8 Å². The fourth-order valence-corrected chi connectivity index (χ4v) is 3.51. The van der Waals surface area contributed by atoms with Gasteiger partial charge in [-0.05, 0) is 42.0 Å². The minimum atomic E-state index is -0.504. The molecule has 1 amide bonds. The fourth-order valence-electron chi connectivity index (χ4n) is 3.51. The number of nitrogens with zero attached hydrogens (tertiary/aromatic N) is 2. The Labute approximate surface area is 185 Å². The first-order valence-corrected chi connectivity index (χ1v) is 9.97. The summed E-state index contributed by atoms with van der Waals surface area (Å²) in [5.41, 5.74) is 3.17. The van der Waals surface area contributed by atoms with Crippen molar-refractivity contribution in [3.05, 3.63) is 102 Å². The lowest BCUT2D eigenvalue weighted by atomic mass is 10.1. The standard InChI is InChI=1S/C26H20FN3O2/c1-32-23-6-4-5-22(14-23)29-26(31)19(15-28)13-20-17-30(25-8-3-2-7-24(20)25)16-18-9-11-21(27)12-10-18/h2-14,17H,16H2,1H3,(H,29,31)/b19-13-. The van der Waals surface area contributed by atoms with Gasteiger partial charge < -0.3 is 14.6 Å². The number of ether oxygens (including phenoxy) is 1. The van der Waals surface area contributed by atoms with Gasteiger partial charge in [-0.15, -0.1) is 0 Å². The first-order valence-electron chi connectivity index (χ1n) is 9.97. The number of amides is 1. The zero-order valence-corrected chi connectivity index (χ0v) is 17.4. The number of hydrogen-bond acceptors (Lipinski definition) is 3. The summed E-state index contributed by atoms with van der Waals surface area (Å²) < 4.78 is 20.4. The number of halogens is 1. The largest absolute Gasteiger partial charge is 0.497 e. The van der Waals surface area contributed by atoms with Crippen LogP contribution in [0.4, 0.5) is 10.1 Å². The second kappa shape index (κ2) is 9.19. The second-order valence-corrected chi connectivity index (χ2v) is 7.21. The first kappa shape index (κ1) is 20.9. The summed E-state index contributed by atoms with van der Waals surface area (Å²) in [6.45, 7) is 0.534. The van der Waals surface area contributed by atoms with Gasteiger partial charge in [0.25, 0.3) is 5.91 Å². The normalized spacial score (nSPS) is 11.2. The molecule has 0 atom stereocenters. The molecule has 5 nitrogen and oxygen atoms in total. The van der Waals surface area contributed by atoms with E-state index in [-0.39, 0.29) is 11.4 Å². The number of methoxy groups -OCH3 is 1. The molecule has 3 aromatic carbocycles. The van der Waals surface area contributed by atoms with Crippen LogP contribution in [-0.4, -0.2) is 17.6 Å². The van der Waals surface area contributed by atoms with Gasteiger partial charge in [-0.25, -0.2) is 4.39 Å². The van der Waals surface area contributed by atoms with Crippen molar-refractivity contribution < 1.29 is 13.9 Å². The minimum absolute atomic E-state index is 0.0162. The molecule has 1 heterocycles. The summed E-state index contributed by atoms with van der Waals surface area (Å²) >= 11 is 0. The van der Waals surface area contributed by atoms with Crippen LogP contribution < -0.4 is 10.1 Å². The maximum absolute atomic E-state index is 13.2. The zero-order valence-electron chi connectivity index (χ0n) is 17.4. The number of benzene rings is 3. The molecule has 0 radical (unpaired) electrons. The Balaban J connectivity index is 1.66. The zero-order chi connectivity index (χ0) is 22.5. The average Bonchev–Trinajstić information content (AvgIpc) is 3.16. The number of carbonyl (C=O) groups is 1. The van der Waals surface area contributed by atoms with Gasteiger partial charge in [0.15, 0.2) is 0 Å². The fraction of sp³-hybridized carbons (Fsp3) is 0.0769. The van der Waals surface area contributed by atoms with Crippen molar-refractivity contribution in [2.75, 3.05) is 12.4 Å². The van der Waals surface area contributed by atoms with E-state index in [1.165, 1.54) is 12.1 Å². The van der Waals surface area contributed by atoms with Gasteiger partial charge in [0.1, 0.15) is 23.2 Å². The molecule has 0 saturated heterocycles. The van der Waals surface area contributed by atoms with Gasteiger partial charge in [-0.1, -0.05) is 36.4 Å². The number of rotatable bonds is 6. The molecule has 0 unspecified atom stereocenters. The SMILES string of the molecule is COc1cccc(NC(=O)/C(C#N)=C\c2cn(Cc3ccc(F)cc3)c3ccccc23)c1. The van der Waals surface area contributed by atoms with E-state index < -0.39 is 5.91 Å². The quantitative estimate of drug-likeness (QED) is 0.333. The van der Waals surface area contributed by atoms with Gasteiger partial charge in [0.2, 0.25) is 0 Å². The number of aromatic nitrogens is 1. The number of anilines is 1. The number of nitrogens with one attached hydrogen (secondary N) is 1. The number of para-hydroxylation sites is 1. The van der Waals surface area contributed by atoms with Gasteiger partial charge in [0.05, 0.1) is 7.11 Å². The maximum Gasteiger partial charge on any atom is 0.266 e. The van der Waals surface area contributed by atoms with E-state index in [4.69, 9.17) is 4.74 Å². The summed E-state index contributed by atoms with van der Waals surface area (Å²) in [5, 5.41) is 13.3. The van der Waals surface area contributed by atoms with E-state index >= 15 is 0 Å². The van der Waals surface area contributed by atoms with Crippen LogP contribution in [0.15, 0.2) is 84.6 Å². The van der Waals surface area contributed by atoms with E-state index in [2.05, 4.69) is 5.32 Å². The lowest BCUT2D eigenvalue weighted by molar-refractivity contribution is -0.112. The predicted octanol–water partition coefficient (Wildman–Crippen LogP) is 5.38. The molecule has 1 N–H and O–H groups in total. The third-order valence-electron chi connectivity index (χ3n) is 5.08. The van der Waals surface area contributed by atoms with Gasteiger partial charge in [0, 0.05) is 41.0 Å². The highest BCUT2D eigenvalue weighted by Crippen LogP contribution is 2.25. The molecule has 0 spiro atoms. The number of nitriles is 1. The molecule has 0 saturated carbocycles. The molecule has 0 aliphatic rings. The Morgan fingerprint density at radius 2 is 1.91 bits per heavy atom. The molecule has 4 aromatic rings. The molecule has 0 bridgehead atoms. The van der Waals surface area contributed by atoms with Crippen LogP contribution in [0.3, 0.4) is 0 Å². The van der Waals surface area contributed by atoms with E-state index in [0.29, 0.717) is 18.0 Å². The monoisotopic (exact) mass is 425 g/mol. The van der Waals surface area contributed by atoms with Crippen LogP contribution >= 0.6 is 0 Å². The smallest absolute Gasteiger partial charge is 0.266 e. The maximum atomic E-state index is 13.2. The second-order valence-electron chi connectivity index (χ2n) is 7.21. The highest BCUT2D eigenvalue weighted by molar-refractivity contribution is 6.10. The van der Waals surface area contributed by atoms with Gasteiger partial charge in [-0.3, -0.25) is 4.79 Å². The highest BCUT2D eigenvalue weighted by Gasteiger charge is 2.13. The van der Waals surface area contributed by atoms with E-state index in [1.807, 2.05) is 41.1 Å². The molecule has 4 rings (SSSR count). The van der Waals surface area contributed by atoms with E-state index in [1.54, 1.807) is 49.6 Å². The topological polar surface area (TPSA) is 67.0 Å². The summed E-state index contributed by atoms with van der Waals surface area (Å²) in [4.78, 5) is 12.7. The van der Waals surface area contributed by atoms with Crippen LogP contribution in [0.5, 0.6) is 5.75 Å². The average molecular weight is 425 g/mol. The lowest BCUT2D eigenvalue weighted by Gasteiger charge is -2.06. The molecule has 6 heteroatoms. The molecular weight excluding hydrogens is 405 g/mol. The predicted molar refractivity (Wildman–Crippen MR) is 123 cm³/mol. The van der Waals surface area contributed by atoms with Crippen LogP contribution in [0, 0.1) is 17.1 Å². The van der Waals surface area contributed by atoms with Crippen molar-refractivity contribution in [2.45, 2.75) is 6.54 Å². The highest BCUT2D eigenvalue weighted by atomic mass is 19.1. The Morgan fingerprint density at radius 3 is 2.66 bits per heavy atom. The van der Waals surface area contributed by atoms with Crippen molar-refractivity contribution in [3.63, 3.8) is 0 Å². The summed E-state index contributed by atoms with van der Waals surface area (Å²) in [7, 11) is 1.54. The Hall–Kier alpha value is -4.37. The number of hydrogen-bond donors (Lipinski definition) is 1. The van der Waals surface area contributed by atoms with Crippen LogP contribution in [-0.2, 0) is 11.3 Å². The summed E-state index contributed by atoms with van der Waals surface area (Å²) in [5.74, 6) is -0.180. The molecule has 0 fully saturated rings. The van der Waals surface area contributed by atoms with Gasteiger partial charge in [-0.2, -0.15) is 5.26 Å². The molecule has 32 heavy (non-hydrogen) atoms. The molecule has 0 aliphatic heterocycles. The third kappa shape index (κ3) is 4.52. The van der Waals surface area contributed by atoms with Crippen molar-refractivity contribution in [2.24, 2.45) is 0 Å². The van der Waals surface area contributed by atoms with E-state index in [0.717, 1.165) is 22.0 Å². The number of carbonyl (C=O) groups excluding carboxylic acids is 1. The van der Waals surface area contributed by atoms with Crippen molar-refractivity contribution >= 4 is 28.6 Å². The Morgan fingerprint density at radius 1 is 1.12 bits per heavy atom. The minimum Gasteiger partial charge on any atom is -0.497 e. The van der Waals surface area contributed by atoms with Gasteiger partial charge >= 0.3 is 0 Å². The first-order chi connectivity index (χ1) is 15.6. The summed E-state index contributed by atoms with van der Waals surface area (Å²) in [6, 6.07) is 23.0. The molecule has 158 valence electrons. The third-order valence-corrected chi connectivity index (χ3v) is 5.08. The van der Waals surface area contributed by atoms with Crippen LogP contribution in [0.2, 0.25) is 0 Å². The van der Waals surface area contributed by atoms with Crippen LogP contribution in [0.1, 0.15) is 11.1 Å². The Kier molecular flexibility index (Phi) is 6.00. The van der Waals surface area contributed by atoms with E-state index in [9.17, 15) is 14.4 Å². The summed E-state index contributed by atoms with van der Waals surface area (Å²) in [6.07, 6.45) is 3.48. The molecular formula is C26H20FN3O2. The Bertz CT molecular complexity index is 1350. The molecule has 0 aliphatic carbocycles. The molecule has 1 aromatic heterocycles.